The van der Waals surface area contributed by atoms with E-state index in [2.05, 4.69) is 43.4 Å². The predicted molar refractivity (Wildman–Crippen MR) is 71.7 cm³/mol. The Balaban J connectivity index is 1.84. The summed E-state index contributed by atoms with van der Waals surface area (Å²) >= 11 is 0. The van der Waals surface area contributed by atoms with Gasteiger partial charge in [-0.3, -0.25) is 0 Å². The van der Waals surface area contributed by atoms with Gasteiger partial charge in [-0.25, -0.2) is 0 Å². The van der Waals surface area contributed by atoms with Gasteiger partial charge in [0.05, 0.1) is 0 Å². The number of hydrogen-bond acceptors (Lipinski definition) is 2. The van der Waals surface area contributed by atoms with Crippen LogP contribution in [0.3, 0.4) is 0 Å². The van der Waals surface area contributed by atoms with E-state index in [-0.39, 0.29) is 0 Å². The normalized spacial score (nSPS) is 21.4. The standard InChI is InChI=1S/C15H23NO/c1-3-12(2)13-6-8-15(9-7-13)17-11-14-5-4-10-16-14/h6-9,12,14,16H,3-5,10-11H2,1-2H3/t12?,14-/m0/s1. The molecule has 2 heteroatoms. The fourth-order valence-electron chi connectivity index (χ4n) is 2.22. The number of nitrogens with one attached hydrogen (secondary N) is 1. The summed E-state index contributed by atoms with van der Waals surface area (Å²) in [6.45, 7) is 6.42. The second-order valence-electron chi connectivity index (χ2n) is 4.98. The molecule has 0 spiro atoms. The van der Waals surface area contributed by atoms with Crippen LogP contribution in [0.1, 0.15) is 44.6 Å². The van der Waals surface area contributed by atoms with E-state index >= 15 is 0 Å². The molecule has 0 amide bonds. The average molecular weight is 233 g/mol. The predicted octanol–water partition coefficient (Wildman–Crippen LogP) is 3.33. The number of rotatable bonds is 5. The van der Waals surface area contributed by atoms with Crippen LogP contribution in [0.4, 0.5) is 0 Å². The van der Waals surface area contributed by atoms with Crippen LogP contribution in [-0.4, -0.2) is 19.2 Å². The Kier molecular flexibility index (Phi) is 4.43. The van der Waals surface area contributed by atoms with Crippen molar-refractivity contribution in [2.45, 2.75) is 45.1 Å². The van der Waals surface area contributed by atoms with E-state index in [4.69, 9.17) is 4.74 Å². The highest BCUT2D eigenvalue weighted by Crippen LogP contribution is 2.21. The Bertz CT molecular complexity index is 327. The molecule has 2 nitrogen and oxygen atoms in total. The zero-order valence-corrected chi connectivity index (χ0v) is 10.9. The van der Waals surface area contributed by atoms with Crippen molar-refractivity contribution < 1.29 is 4.74 Å². The van der Waals surface area contributed by atoms with E-state index in [1.165, 1.54) is 24.8 Å². The number of ether oxygens (including phenoxy) is 1. The lowest BCUT2D eigenvalue weighted by atomic mass is 9.99. The zero-order chi connectivity index (χ0) is 12.1. The molecule has 94 valence electrons. The first-order valence-corrected chi connectivity index (χ1v) is 6.75. The minimum absolute atomic E-state index is 0.546. The Hall–Kier alpha value is -1.02. The molecule has 2 atom stereocenters. The molecule has 17 heavy (non-hydrogen) atoms. The molecule has 0 aromatic heterocycles. The van der Waals surface area contributed by atoms with Crippen molar-refractivity contribution in [3.63, 3.8) is 0 Å². The third-order valence-corrected chi connectivity index (χ3v) is 3.68. The van der Waals surface area contributed by atoms with Gasteiger partial charge in [-0.1, -0.05) is 26.0 Å². The molecular formula is C15H23NO. The topological polar surface area (TPSA) is 21.3 Å². The van der Waals surface area contributed by atoms with Gasteiger partial charge < -0.3 is 10.1 Å². The lowest BCUT2D eigenvalue weighted by Gasteiger charge is -2.13. The van der Waals surface area contributed by atoms with Crippen molar-refractivity contribution >= 4 is 0 Å². The summed E-state index contributed by atoms with van der Waals surface area (Å²) in [6, 6.07) is 9.11. The minimum Gasteiger partial charge on any atom is -0.492 e. The average Bonchev–Trinajstić information content (AvgIpc) is 2.89. The van der Waals surface area contributed by atoms with Crippen molar-refractivity contribution in [3.05, 3.63) is 29.8 Å². The highest BCUT2D eigenvalue weighted by atomic mass is 16.5. The van der Waals surface area contributed by atoms with E-state index in [0.29, 0.717) is 12.0 Å². The van der Waals surface area contributed by atoms with Crippen molar-refractivity contribution in [2.75, 3.05) is 13.2 Å². The molecule has 1 aromatic carbocycles. The Labute approximate surface area is 104 Å². The Morgan fingerprint density at radius 2 is 2.12 bits per heavy atom. The van der Waals surface area contributed by atoms with Crippen LogP contribution in [0, 0.1) is 0 Å². The summed E-state index contributed by atoms with van der Waals surface area (Å²) in [5.41, 5.74) is 1.40. The molecule has 1 aliphatic heterocycles. The highest BCUT2D eigenvalue weighted by Gasteiger charge is 2.14. The lowest BCUT2D eigenvalue weighted by Crippen LogP contribution is -2.28. The SMILES string of the molecule is CCC(C)c1ccc(OC[C@@H]2CCCN2)cc1. The van der Waals surface area contributed by atoms with Crippen molar-refractivity contribution in [2.24, 2.45) is 0 Å². The third-order valence-electron chi connectivity index (χ3n) is 3.68. The van der Waals surface area contributed by atoms with Gasteiger partial charge in [-0.2, -0.15) is 0 Å². The van der Waals surface area contributed by atoms with Crippen molar-refractivity contribution in [3.8, 4) is 5.75 Å². The Morgan fingerprint density at radius 3 is 2.71 bits per heavy atom. The summed E-state index contributed by atoms with van der Waals surface area (Å²) in [6.07, 6.45) is 3.71. The van der Waals surface area contributed by atoms with Gasteiger partial charge in [0, 0.05) is 6.04 Å². The van der Waals surface area contributed by atoms with Gasteiger partial charge in [0.2, 0.25) is 0 Å². The Morgan fingerprint density at radius 1 is 1.35 bits per heavy atom. The molecule has 1 fully saturated rings. The summed E-state index contributed by atoms with van der Waals surface area (Å²) < 4.78 is 5.80. The van der Waals surface area contributed by atoms with E-state index in [9.17, 15) is 0 Å². The van der Waals surface area contributed by atoms with Gasteiger partial charge in [0.15, 0.2) is 0 Å². The molecule has 0 radical (unpaired) electrons. The molecule has 1 N–H and O–H groups in total. The first-order valence-electron chi connectivity index (χ1n) is 6.75. The van der Waals surface area contributed by atoms with Gasteiger partial charge in [-0.05, 0) is 49.4 Å². The molecule has 0 aliphatic carbocycles. The van der Waals surface area contributed by atoms with Crippen LogP contribution in [0.5, 0.6) is 5.75 Å². The first-order chi connectivity index (χ1) is 8.29. The van der Waals surface area contributed by atoms with Crippen LogP contribution in [0.15, 0.2) is 24.3 Å². The number of benzene rings is 1. The smallest absolute Gasteiger partial charge is 0.119 e. The molecular weight excluding hydrogens is 210 g/mol. The van der Waals surface area contributed by atoms with E-state index in [1.807, 2.05) is 0 Å². The van der Waals surface area contributed by atoms with Gasteiger partial charge >= 0.3 is 0 Å². The minimum atomic E-state index is 0.546. The lowest BCUT2D eigenvalue weighted by molar-refractivity contribution is 0.277. The van der Waals surface area contributed by atoms with E-state index in [0.717, 1.165) is 18.9 Å². The van der Waals surface area contributed by atoms with Crippen LogP contribution in [-0.2, 0) is 0 Å². The molecule has 1 unspecified atom stereocenters. The fourth-order valence-corrected chi connectivity index (χ4v) is 2.22. The number of hydrogen-bond donors (Lipinski definition) is 1. The van der Waals surface area contributed by atoms with Gasteiger partial charge in [0.25, 0.3) is 0 Å². The summed E-state index contributed by atoms with van der Waals surface area (Å²) in [7, 11) is 0. The maximum atomic E-state index is 5.80. The first kappa shape index (κ1) is 12.4. The maximum Gasteiger partial charge on any atom is 0.119 e. The molecule has 0 saturated carbocycles. The largest absolute Gasteiger partial charge is 0.492 e. The highest BCUT2D eigenvalue weighted by molar-refractivity contribution is 5.29. The molecule has 1 saturated heterocycles. The van der Waals surface area contributed by atoms with Crippen molar-refractivity contribution in [1.82, 2.24) is 5.32 Å². The molecule has 1 aromatic rings. The van der Waals surface area contributed by atoms with Crippen LogP contribution in [0.25, 0.3) is 0 Å². The molecule has 1 aliphatic rings. The molecule has 2 rings (SSSR count). The molecule has 0 bridgehead atoms. The summed E-state index contributed by atoms with van der Waals surface area (Å²) in [4.78, 5) is 0. The van der Waals surface area contributed by atoms with Crippen molar-refractivity contribution in [1.29, 1.82) is 0 Å². The second kappa shape index (κ2) is 6.06. The summed E-state index contributed by atoms with van der Waals surface area (Å²) in [5, 5.41) is 3.44. The van der Waals surface area contributed by atoms with Crippen LogP contribution >= 0.6 is 0 Å². The maximum absolute atomic E-state index is 5.80. The summed E-state index contributed by atoms with van der Waals surface area (Å²) in [5.74, 6) is 1.63. The van der Waals surface area contributed by atoms with E-state index < -0.39 is 0 Å². The zero-order valence-electron chi connectivity index (χ0n) is 10.9. The molecule has 1 heterocycles. The van der Waals surface area contributed by atoms with Gasteiger partial charge in [-0.15, -0.1) is 0 Å². The van der Waals surface area contributed by atoms with E-state index in [1.54, 1.807) is 0 Å². The van der Waals surface area contributed by atoms with Crippen LogP contribution in [0.2, 0.25) is 0 Å². The van der Waals surface area contributed by atoms with Crippen LogP contribution < -0.4 is 10.1 Å². The second-order valence-corrected chi connectivity index (χ2v) is 4.98. The monoisotopic (exact) mass is 233 g/mol. The fraction of sp³-hybridized carbons (Fsp3) is 0.600. The van der Waals surface area contributed by atoms with Gasteiger partial charge in [0.1, 0.15) is 12.4 Å². The quantitative estimate of drug-likeness (QED) is 0.842. The third kappa shape index (κ3) is 3.47.